The van der Waals surface area contributed by atoms with Crippen LogP contribution in [0.4, 0.5) is 11.4 Å². The van der Waals surface area contributed by atoms with Gasteiger partial charge in [0.1, 0.15) is 0 Å². The van der Waals surface area contributed by atoms with Crippen molar-refractivity contribution in [3.63, 3.8) is 0 Å². The van der Waals surface area contributed by atoms with E-state index < -0.39 is 0 Å². The second kappa shape index (κ2) is 5.94. The van der Waals surface area contributed by atoms with E-state index in [0.717, 1.165) is 11.3 Å². The Morgan fingerprint density at radius 3 is 2.45 bits per heavy atom. The summed E-state index contributed by atoms with van der Waals surface area (Å²) in [5.74, 6) is 5.26. The SMILES string of the molecule is Cc1ccc(N(C)C(=O)c2cc(Cl)ccc2NN)cc1. The molecular weight excluding hydrogens is 274 g/mol. The van der Waals surface area contributed by atoms with E-state index in [1.807, 2.05) is 31.2 Å². The molecule has 3 N–H and O–H groups in total. The highest BCUT2D eigenvalue weighted by Gasteiger charge is 2.17. The Labute approximate surface area is 123 Å². The number of benzene rings is 2. The molecule has 4 nitrogen and oxygen atoms in total. The van der Waals surface area contributed by atoms with Crippen LogP contribution in [0, 0.1) is 6.92 Å². The van der Waals surface area contributed by atoms with Gasteiger partial charge in [-0.3, -0.25) is 10.6 Å². The predicted molar refractivity (Wildman–Crippen MR) is 83.2 cm³/mol. The molecular formula is C15H16ClN3O. The van der Waals surface area contributed by atoms with Crippen LogP contribution in [-0.2, 0) is 0 Å². The first-order chi connectivity index (χ1) is 9.52. The lowest BCUT2D eigenvalue weighted by atomic mass is 10.1. The smallest absolute Gasteiger partial charge is 0.260 e. The number of amides is 1. The van der Waals surface area contributed by atoms with Crippen molar-refractivity contribution in [1.82, 2.24) is 0 Å². The number of carbonyl (C=O) groups excluding carboxylic acids is 1. The molecule has 0 fully saturated rings. The molecule has 0 saturated heterocycles. The molecule has 20 heavy (non-hydrogen) atoms. The summed E-state index contributed by atoms with van der Waals surface area (Å²) in [4.78, 5) is 14.1. The Morgan fingerprint density at radius 2 is 1.85 bits per heavy atom. The number of hydrogen-bond acceptors (Lipinski definition) is 3. The molecule has 0 aliphatic rings. The molecule has 0 bridgehead atoms. The highest BCUT2D eigenvalue weighted by Crippen LogP contribution is 2.23. The number of hydrazine groups is 1. The minimum absolute atomic E-state index is 0.177. The van der Waals surface area contributed by atoms with Crippen molar-refractivity contribution in [3.8, 4) is 0 Å². The number of nitrogens with one attached hydrogen (secondary N) is 1. The summed E-state index contributed by atoms with van der Waals surface area (Å²) < 4.78 is 0. The molecule has 104 valence electrons. The summed E-state index contributed by atoms with van der Waals surface area (Å²) in [7, 11) is 1.72. The van der Waals surface area contributed by atoms with Gasteiger partial charge in [0, 0.05) is 17.8 Å². The second-order valence-corrected chi connectivity index (χ2v) is 4.97. The number of hydrogen-bond donors (Lipinski definition) is 2. The normalized spacial score (nSPS) is 10.2. The van der Waals surface area contributed by atoms with Gasteiger partial charge in [-0.2, -0.15) is 0 Å². The molecule has 0 aromatic heterocycles. The molecule has 0 spiro atoms. The number of anilines is 2. The molecule has 0 aliphatic heterocycles. The lowest BCUT2D eigenvalue weighted by Gasteiger charge is -2.19. The highest BCUT2D eigenvalue weighted by atomic mass is 35.5. The molecule has 5 heteroatoms. The van der Waals surface area contributed by atoms with Gasteiger partial charge in [0.05, 0.1) is 11.3 Å². The fourth-order valence-corrected chi connectivity index (χ4v) is 2.06. The number of carbonyl (C=O) groups is 1. The maximum atomic E-state index is 12.5. The van der Waals surface area contributed by atoms with Crippen LogP contribution in [0.15, 0.2) is 42.5 Å². The third-order valence-corrected chi connectivity index (χ3v) is 3.33. The van der Waals surface area contributed by atoms with Crippen LogP contribution >= 0.6 is 11.6 Å². The Morgan fingerprint density at radius 1 is 1.20 bits per heavy atom. The van der Waals surface area contributed by atoms with E-state index in [2.05, 4.69) is 5.43 Å². The molecule has 0 saturated carbocycles. The quantitative estimate of drug-likeness (QED) is 0.674. The zero-order chi connectivity index (χ0) is 14.7. The summed E-state index contributed by atoms with van der Waals surface area (Å²) in [6.07, 6.45) is 0. The van der Waals surface area contributed by atoms with Gasteiger partial charge in [-0.25, -0.2) is 0 Å². The van der Waals surface area contributed by atoms with E-state index in [0.29, 0.717) is 16.3 Å². The summed E-state index contributed by atoms with van der Waals surface area (Å²) in [5.41, 5.74) is 5.44. The van der Waals surface area contributed by atoms with E-state index >= 15 is 0 Å². The number of nitrogens with zero attached hydrogens (tertiary/aromatic N) is 1. The first-order valence-corrected chi connectivity index (χ1v) is 6.51. The van der Waals surface area contributed by atoms with Crippen LogP contribution < -0.4 is 16.2 Å². The Bertz CT molecular complexity index is 626. The second-order valence-electron chi connectivity index (χ2n) is 4.53. The molecule has 2 aromatic rings. The van der Waals surface area contributed by atoms with E-state index in [-0.39, 0.29) is 5.91 Å². The number of rotatable bonds is 3. The number of nitrogens with two attached hydrogens (primary N) is 1. The molecule has 0 heterocycles. The Kier molecular flexibility index (Phi) is 4.27. The minimum Gasteiger partial charge on any atom is -0.323 e. The lowest BCUT2D eigenvalue weighted by Crippen LogP contribution is -2.27. The third-order valence-electron chi connectivity index (χ3n) is 3.09. The minimum atomic E-state index is -0.177. The maximum absolute atomic E-state index is 12.5. The highest BCUT2D eigenvalue weighted by molar-refractivity contribution is 6.31. The fraction of sp³-hybridized carbons (Fsp3) is 0.133. The molecule has 0 unspecified atom stereocenters. The molecule has 2 rings (SSSR count). The van der Waals surface area contributed by atoms with Crippen molar-refractivity contribution >= 4 is 28.9 Å². The van der Waals surface area contributed by atoms with Crippen LogP contribution in [-0.4, -0.2) is 13.0 Å². The van der Waals surface area contributed by atoms with Crippen LogP contribution in [0.2, 0.25) is 5.02 Å². The standard InChI is InChI=1S/C15H16ClN3O/c1-10-3-6-12(7-4-10)19(2)15(20)13-9-11(16)5-8-14(13)18-17/h3-9,18H,17H2,1-2H3. The summed E-state index contributed by atoms with van der Waals surface area (Å²) in [6, 6.07) is 12.7. The largest absolute Gasteiger partial charge is 0.323 e. The van der Waals surface area contributed by atoms with Crippen molar-refractivity contribution in [2.24, 2.45) is 5.84 Å². The first-order valence-electron chi connectivity index (χ1n) is 6.14. The van der Waals surface area contributed by atoms with E-state index in [9.17, 15) is 4.79 Å². The van der Waals surface area contributed by atoms with Gasteiger partial charge in [0.25, 0.3) is 5.91 Å². The van der Waals surface area contributed by atoms with Gasteiger partial charge in [-0.1, -0.05) is 29.3 Å². The lowest BCUT2D eigenvalue weighted by molar-refractivity contribution is 0.0993. The summed E-state index contributed by atoms with van der Waals surface area (Å²) in [5, 5.41) is 0.490. The third kappa shape index (κ3) is 2.92. The van der Waals surface area contributed by atoms with Crippen molar-refractivity contribution in [1.29, 1.82) is 0 Å². The zero-order valence-corrected chi connectivity index (χ0v) is 12.1. The zero-order valence-electron chi connectivity index (χ0n) is 11.4. The molecule has 2 aromatic carbocycles. The fourth-order valence-electron chi connectivity index (χ4n) is 1.89. The number of halogens is 1. The van der Waals surface area contributed by atoms with Gasteiger partial charge in [-0.05, 0) is 37.3 Å². The maximum Gasteiger partial charge on any atom is 0.260 e. The topological polar surface area (TPSA) is 58.4 Å². The Hall–Kier alpha value is -2.04. The summed E-state index contributed by atoms with van der Waals surface area (Å²) in [6.45, 7) is 2.00. The first kappa shape index (κ1) is 14.4. The van der Waals surface area contributed by atoms with Crippen LogP contribution in [0.1, 0.15) is 15.9 Å². The molecule has 0 atom stereocenters. The molecule has 0 aliphatic carbocycles. The van der Waals surface area contributed by atoms with Crippen LogP contribution in [0.25, 0.3) is 0 Å². The van der Waals surface area contributed by atoms with E-state index in [1.165, 1.54) is 0 Å². The van der Waals surface area contributed by atoms with Gasteiger partial charge in [0.15, 0.2) is 0 Å². The number of nitrogen functional groups attached to an aromatic ring is 1. The van der Waals surface area contributed by atoms with Crippen LogP contribution in [0.5, 0.6) is 0 Å². The Balaban J connectivity index is 2.35. The molecule has 1 amide bonds. The summed E-state index contributed by atoms with van der Waals surface area (Å²) >= 11 is 5.95. The predicted octanol–water partition coefficient (Wildman–Crippen LogP) is 3.21. The van der Waals surface area contributed by atoms with Gasteiger partial charge >= 0.3 is 0 Å². The average Bonchev–Trinajstić information content (AvgIpc) is 2.46. The van der Waals surface area contributed by atoms with Crippen LogP contribution in [0.3, 0.4) is 0 Å². The van der Waals surface area contributed by atoms with Crippen molar-refractivity contribution in [2.75, 3.05) is 17.4 Å². The van der Waals surface area contributed by atoms with Crippen molar-refractivity contribution < 1.29 is 4.79 Å². The van der Waals surface area contributed by atoms with Gasteiger partial charge in [0.2, 0.25) is 0 Å². The monoisotopic (exact) mass is 289 g/mol. The molecule has 0 radical (unpaired) electrons. The average molecular weight is 290 g/mol. The van der Waals surface area contributed by atoms with Crippen molar-refractivity contribution in [3.05, 3.63) is 58.6 Å². The van der Waals surface area contributed by atoms with Gasteiger partial charge < -0.3 is 10.3 Å². The van der Waals surface area contributed by atoms with Gasteiger partial charge in [-0.15, -0.1) is 0 Å². The number of aryl methyl sites for hydroxylation is 1. The van der Waals surface area contributed by atoms with E-state index in [4.69, 9.17) is 17.4 Å². The van der Waals surface area contributed by atoms with E-state index in [1.54, 1.807) is 30.1 Å². The van der Waals surface area contributed by atoms with Crippen molar-refractivity contribution in [2.45, 2.75) is 6.92 Å².